The molecule has 0 heterocycles. The van der Waals surface area contributed by atoms with E-state index in [-0.39, 0.29) is 6.04 Å². The molecule has 4 N–H and O–H groups in total. The van der Waals surface area contributed by atoms with E-state index in [2.05, 4.69) is 0 Å². The van der Waals surface area contributed by atoms with E-state index in [1.807, 2.05) is 0 Å². The second kappa shape index (κ2) is 4.72. The second-order valence-corrected chi connectivity index (χ2v) is 6.61. The third-order valence-electron chi connectivity index (χ3n) is 5.55. The molecule has 18 heavy (non-hydrogen) atoms. The van der Waals surface area contributed by atoms with Gasteiger partial charge in [-0.05, 0) is 68.1 Å². The topological polar surface area (TPSA) is 78.3 Å². The summed E-state index contributed by atoms with van der Waals surface area (Å²) in [5.41, 5.74) is 11.1. The second-order valence-electron chi connectivity index (χ2n) is 6.61. The molecule has 0 radical (unpaired) electrons. The highest BCUT2D eigenvalue weighted by molar-refractivity contribution is 5.64. The van der Waals surface area contributed by atoms with Gasteiger partial charge in [0, 0.05) is 6.04 Å². The minimum absolute atomic E-state index is 0.160. The van der Waals surface area contributed by atoms with Gasteiger partial charge in [-0.2, -0.15) is 0 Å². The molecule has 4 heteroatoms. The molecular weight excluding hydrogens is 228 g/mol. The van der Waals surface area contributed by atoms with E-state index < -0.39 is 6.09 Å². The van der Waals surface area contributed by atoms with Gasteiger partial charge in [-0.3, -0.25) is 0 Å². The fourth-order valence-corrected chi connectivity index (χ4v) is 5.02. The Morgan fingerprint density at radius 2 is 2.00 bits per heavy atom. The molecule has 102 valence electrons. The number of rotatable bonds is 5. The Hall–Kier alpha value is -0.770. The molecule has 0 saturated heterocycles. The summed E-state index contributed by atoms with van der Waals surface area (Å²) in [4.78, 5) is 10.5. The molecular formula is C14H24N2O2. The van der Waals surface area contributed by atoms with Gasteiger partial charge in [-0.1, -0.05) is 0 Å². The summed E-state index contributed by atoms with van der Waals surface area (Å²) in [7, 11) is 0. The number of carbonyl (C=O) groups excluding carboxylic acids is 1. The first kappa shape index (κ1) is 12.3. The minimum atomic E-state index is -0.694. The van der Waals surface area contributed by atoms with Crippen molar-refractivity contribution in [3.63, 3.8) is 0 Å². The van der Waals surface area contributed by atoms with Crippen LogP contribution in [0, 0.1) is 29.6 Å². The fourth-order valence-electron chi connectivity index (χ4n) is 5.02. The van der Waals surface area contributed by atoms with Crippen LogP contribution in [0.15, 0.2) is 0 Å². The minimum Gasteiger partial charge on any atom is -0.450 e. The summed E-state index contributed by atoms with van der Waals surface area (Å²) in [5.74, 6) is 4.78. The van der Waals surface area contributed by atoms with E-state index in [0.29, 0.717) is 6.61 Å². The maximum absolute atomic E-state index is 10.5. The number of amides is 1. The van der Waals surface area contributed by atoms with E-state index >= 15 is 0 Å². The van der Waals surface area contributed by atoms with Crippen LogP contribution in [-0.2, 0) is 4.74 Å². The van der Waals surface area contributed by atoms with Gasteiger partial charge in [-0.25, -0.2) is 4.79 Å². The summed E-state index contributed by atoms with van der Waals surface area (Å²) < 4.78 is 4.76. The largest absolute Gasteiger partial charge is 0.450 e. The predicted molar refractivity (Wildman–Crippen MR) is 68.7 cm³/mol. The normalized spacial score (nSPS) is 42.2. The third-order valence-corrected chi connectivity index (χ3v) is 5.55. The molecule has 4 saturated carbocycles. The standard InChI is InChI=1S/C14H24N2O2/c15-11(1-2-18-14(16)17)7-13-10-4-8-3-9(6-10)12(13)5-8/h8-13H,1-7,15H2,(H2,16,17). The van der Waals surface area contributed by atoms with E-state index in [0.717, 1.165) is 42.4 Å². The van der Waals surface area contributed by atoms with Crippen LogP contribution in [0.25, 0.3) is 0 Å². The highest BCUT2D eigenvalue weighted by Crippen LogP contribution is 2.61. The van der Waals surface area contributed by atoms with Crippen molar-refractivity contribution >= 4 is 6.09 Å². The average Bonchev–Trinajstić information content (AvgIpc) is 2.70. The molecule has 4 aliphatic carbocycles. The van der Waals surface area contributed by atoms with Gasteiger partial charge in [0.1, 0.15) is 0 Å². The molecule has 4 aliphatic rings. The molecule has 0 spiro atoms. The predicted octanol–water partition coefficient (Wildman–Crippen LogP) is 1.87. The number of hydrogen-bond acceptors (Lipinski definition) is 3. The van der Waals surface area contributed by atoms with Crippen LogP contribution in [0.4, 0.5) is 4.79 Å². The molecule has 0 aromatic carbocycles. The van der Waals surface area contributed by atoms with Gasteiger partial charge in [0.25, 0.3) is 0 Å². The maximum Gasteiger partial charge on any atom is 0.404 e. The first-order chi connectivity index (χ1) is 8.63. The molecule has 1 amide bonds. The van der Waals surface area contributed by atoms with Crippen molar-refractivity contribution in [1.29, 1.82) is 0 Å². The molecule has 4 fully saturated rings. The van der Waals surface area contributed by atoms with Crippen LogP contribution in [-0.4, -0.2) is 18.7 Å². The van der Waals surface area contributed by atoms with E-state index in [4.69, 9.17) is 16.2 Å². The lowest BCUT2D eigenvalue weighted by Crippen LogP contribution is -2.32. The van der Waals surface area contributed by atoms with Gasteiger partial charge in [0.2, 0.25) is 0 Å². The van der Waals surface area contributed by atoms with E-state index in [1.54, 1.807) is 0 Å². The molecule has 0 aromatic rings. The summed E-state index contributed by atoms with van der Waals surface area (Å²) in [6, 6.07) is 0.160. The molecule has 4 bridgehead atoms. The van der Waals surface area contributed by atoms with Crippen molar-refractivity contribution in [3.8, 4) is 0 Å². The summed E-state index contributed by atoms with van der Waals surface area (Å²) in [5, 5.41) is 0. The molecule has 0 aliphatic heterocycles. The molecule has 6 atom stereocenters. The Labute approximate surface area is 108 Å². The van der Waals surface area contributed by atoms with Gasteiger partial charge in [-0.15, -0.1) is 0 Å². The van der Waals surface area contributed by atoms with Crippen LogP contribution in [0.2, 0.25) is 0 Å². The quantitative estimate of drug-likeness (QED) is 0.784. The van der Waals surface area contributed by atoms with E-state index in [9.17, 15) is 4.79 Å². The number of hydrogen-bond donors (Lipinski definition) is 2. The van der Waals surface area contributed by atoms with Crippen LogP contribution in [0.3, 0.4) is 0 Å². The Morgan fingerprint density at radius 1 is 1.22 bits per heavy atom. The zero-order valence-electron chi connectivity index (χ0n) is 10.9. The zero-order chi connectivity index (χ0) is 12.7. The highest BCUT2D eigenvalue weighted by Gasteiger charge is 2.53. The smallest absolute Gasteiger partial charge is 0.404 e. The number of nitrogens with two attached hydrogens (primary N) is 2. The van der Waals surface area contributed by atoms with Crippen molar-refractivity contribution in [2.45, 2.75) is 44.6 Å². The van der Waals surface area contributed by atoms with Gasteiger partial charge in [0.15, 0.2) is 0 Å². The number of carbonyl (C=O) groups is 1. The zero-order valence-corrected chi connectivity index (χ0v) is 10.9. The molecule has 4 rings (SSSR count). The monoisotopic (exact) mass is 252 g/mol. The average molecular weight is 252 g/mol. The Morgan fingerprint density at radius 3 is 2.72 bits per heavy atom. The van der Waals surface area contributed by atoms with Gasteiger partial charge in [0.05, 0.1) is 6.61 Å². The first-order valence-corrected chi connectivity index (χ1v) is 7.31. The fraction of sp³-hybridized carbons (Fsp3) is 0.929. The van der Waals surface area contributed by atoms with Crippen molar-refractivity contribution in [2.24, 2.45) is 41.1 Å². The lowest BCUT2D eigenvalue weighted by Gasteiger charge is -2.33. The Kier molecular flexibility index (Phi) is 3.22. The Bertz CT molecular complexity index is 330. The number of ether oxygens (including phenoxy) is 1. The SMILES string of the molecule is NC(=O)OCCC(N)CC1C2CC3CC(C2)C1C3. The first-order valence-electron chi connectivity index (χ1n) is 7.31. The van der Waals surface area contributed by atoms with Crippen molar-refractivity contribution < 1.29 is 9.53 Å². The van der Waals surface area contributed by atoms with Crippen LogP contribution in [0.1, 0.15) is 38.5 Å². The summed E-state index contributed by atoms with van der Waals surface area (Å²) in [6.45, 7) is 0.366. The highest BCUT2D eigenvalue weighted by atomic mass is 16.5. The van der Waals surface area contributed by atoms with Gasteiger partial charge >= 0.3 is 6.09 Å². The summed E-state index contributed by atoms with van der Waals surface area (Å²) in [6.07, 6.45) is 7.00. The lowest BCUT2D eigenvalue weighted by atomic mass is 9.73. The van der Waals surface area contributed by atoms with Crippen LogP contribution >= 0.6 is 0 Å². The third kappa shape index (κ3) is 2.22. The number of primary amides is 1. The summed E-state index contributed by atoms with van der Waals surface area (Å²) >= 11 is 0. The van der Waals surface area contributed by atoms with Gasteiger partial charge < -0.3 is 16.2 Å². The molecule has 6 unspecified atom stereocenters. The van der Waals surface area contributed by atoms with Crippen molar-refractivity contribution in [3.05, 3.63) is 0 Å². The molecule has 4 nitrogen and oxygen atoms in total. The van der Waals surface area contributed by atoms with Crippen LogP contribution < -0.4 is 11.5 Å². The van der Waals surface area contributed by atoms with Crippen molar-refractivity contribution in [2.75, 3.05) is 6.61 Å². The maximum atomic E-state index is 10.5. The van der Waals surface area contributed by atoms with E-state index in [1.165, 1.54) is 25.7 Å². The Balaban J connectivity index is 1.47. The van der Waals surface area contributed by atoms with Crippen molar-refractivity contribution in [1.82, 2.24) is 0 Å². The van der Waals surface area contributed by atoms with Crippen LogP contribution in [0.5, 0.6) is 0 Å². The lowest BCUT2D eigenvalue weighted by molar-refractivity contribution is 0.143. The molecule has 0 aromatic heterocycles.